The number of nitrogens with one attached hydrogen (secondary N) is 1. The van der Waals surface area contributed by atoms with Crippen molar-refractivity contribution in [3.8, 4) is 5.75 Å². The summed E-state index contributed by atoms with van der Waals surface area (Å²) in [4.78, 5) is 0. The Labute approximate surface area is 110 Å². The molecule has 0 fully saturated rings. The van der Waals surface area contributed by atoms with Crippen LogP contribution in [0.3, 0.4) is 0 Å². The highest BCUT2D eigenvalue weighted by Crippen LogP contribution is 2.12. The van der Waals surface area contributed by atoms with Crippen molar-refractivity contribution in [2.75, 3.05) is 20.3 Å². The molecule has 1 rings (SSSR count). The Bertz CT molecular complexity index is 326. The van der Waals surface area contributed by atoms with Crippen LogP contribution in [-0.4, -0.2) is 26.4 Å². The molecule has 0 aliphatic heterocycles. The van der Waals surface area contributed by atoms with Crippen LogP contribution in [-0.2, 0) is 11.3 Å². The number of methoxy groups -OCH3 is 1. The van der Waals surface area contributed by atoms with Crippen LogP contribution >= 0.6 is 0 Å². The minimum Gasteiger partial charge on any atom is -0.497 e. The van der Waals surface area contributed by atoms with Gasteiger partial charge in [-0.25, -0.2) is 0 Å². The molecule has 1 N–H and O–H groups in total. The van der Waals surface area contributed by atoms with Gasteiger partial charge >= 0.3 is 0 Å². The zero-order chi connectivity index (χ0) is 13.2. The van der Waals surface area contributed by atoms with Gasteiger partial charge in [0.25, 0.3) is 0 Å². The van der Waals surface area contributed by atoms with Gasteiger partial charge in [-0.1, -0.05) is 12.1 Å². The molecule has 0 radical (unpaired) electrons. The second-order valence-corrected chi connectivity index (χ2v) is 4.65. The number of hydrogen-bond acceptors (Lipinski definition) is 3. The molecule has 0 spiro atoms. The third kappa shape index (κ3) is 6.62. The molecule has 0 aliphatic rings. The van der Waals surface area contributed by atoms with Crippen LogP contribution in [0.25, 0.3) is 0 Å². The summed E-state index contributed by atoms with van der Waals surface area (Å²) in [5.74, 6) is 0.916. The fourth-order valence-corrected chi connectivity index (χ4v) is 1.69. The Balaban J connectivity index is 2.06. The predicted molar refractivity (Wildman–Crippen MR) is 75.0 cm³/mol. The van der Waals surface area contributed by atoms with E-state index in [2.05, 4.69) is 31.3 Å². The minimum absolute atomic E-state index is 0.342. The lowest BCUT2D eigenvalue weighted by atomic mass is 10.2. The third-order valence-corrected chi connectivity index (χ3v) is 2.66. The number of benzene rings is 1. The molecule has 0 atom stereocenters. The topological polar surface area (TPSA) is 30.5 Å². The van der Waals surface area contributed by atoms with Crippen molar-refractivity contribution in [3.63, 3.8) is 0 Å². The number of unbranched alkanes of at least 4 members (excludes halogenated alkanes) is 1. The third-order valence-electron chi connectivity index (χ3n) is 2.66. The van der Waals surface area contributed by atoms with E-state index in [0.717, 1.165) is 38.3 Å². The molecule has 0 amide bonds. The van der Waals surface area contributed by atoms with Crippen LogP contribution in [0.5, 0.6) is 5.75 Å². The Morgan fingerprint density at radius 1 is 1.22 bits per heavy atom. The molecule has 0 saturated heterocycles. The van der Waals surface area contributed by atoms with Crippen molar-refractivity contribution in [1.29, 1.82) is 0 Å². The smallest absolute Gasteiger partial charge is 0.119 e. The number of rotatable bonds is 9. The van der Waals surface area contributed by atoms with E-state index < -0.39 is 0 Å². The van der Waals surface area contributed by atoms with Gasteiger partial charge in [0.15, 0.2) is 0 Å². The first kappa shape index (κ1) is 15.0. The van der Waals surface area contributed by atoms with Gasteiger partial charge in [-0.2, -0.15) is 0 Å². The molecule has 3 heteroatoms. The average molecular weight is 251 g/mol. The maximum absolute atomic E-state index is 5.49. The van der Waals surface area contributed by atoms with Crippen LogP contribution in [0, 0.1) is 0 Å². The van der Waals surface area contributed by atoms with Crippen molar-refractivity contribution >= 4 is 0 Å². The van der Waals surface area contributed by atoms with E-state index in [9.17, 15) is 0 Å². The molecular weight excluding hydrogens is 226 g/mol. The zero-order valence-corrected chi connectivity index (χ0v) is 11.7. The van der Waals surface area contributed by atoms with Crippen LogP contribution in [0.15, 0.2) is 24.3 Å². The molecule has 1 aromatic rings. The fourth-order valence-electron chi connectivity index (χ4n) is 1.69. The fraction of sp³-hybridized carbons (Fsp3) is 0.600. The first-order chi connectivity index (χ1) is 8.72. The van der Waals surface area contributed by atoms with Crippen molar-refractivity contribution in [1.82, 2.24) is 5.32 Å². The van der Waals surface area contributed by atoms with E-state index in [1.165, 1.54) is 5.56 Å². The zero-order valence-electron chi connectivity index (χ0n) is 11.7. The van der Waals surface area contributed by atoms with Crippen LogP contribution in [0.2, 0.25) is 0 Å². The molecule has 0 bridgehead atoms. The maximum Gasteiger partial charge on any atom is 0.119 e. The van der Waals surface area contributed by atoms with Gasteiger partial charge in [0.1, 0.15) is 5.75 Å². The second-order valence-electron chi connectivity index (χ2n) is 4.65. The van der Waals surface area contributed by atoms with Gasteiger partial charge in [0.05, 0.1) is 13.2 Å². The molecule has 102 valence electrons. The molecule has 0 saturated carbocycles. The van der Waals surface area contributed by atoms with E-state index in [1.807, 2.05) is 12.1 Å². The highest BCUT2D eigenvalue weighted by atomic mass is 16.5. The Hall–Kier alpha value is -1.06. The molecule has 18 heavy (non-hydrogen) atoms. The molecule has 1 aromatic carbocycles. The van der Waals surface area contributed by atoms with Crippen LogP contribution in [0.4, 0.5) is 0 Å². The molecule has 3 nitrogen and oxygen atoms in total. The Morgan fingerprint density at radius 2 is 2.06 bits per heavy atom. The Morgan fingerprint density at radius 3 is 2.78 bits per heavy atom. The standard InChI is InChI=1S/C15H25NO2/c1-13(2)18-10-5-4-9-16-12-14-7-6-8-15(11-14)17-3/h6-8,11,13,16H,4-5,9-10,12H2,1-3H3. The highest BCUT2D eigenvalue weighted by molar-refractivity contribution is 5.28. The van der Waals surface area contributed by atoms with Gasteiger partial charge in [-0.3, -0.25) is 0 Å². The van der Waals surface area contributed by atoms with Crippen molar-refractivity contribution in [2.45, 2.75) is 39.3 Å². The second kappa shape index (κ2) is 8.95. The van der Waals surface area contributed by atoms with Crippen molar-refractivity contribution in [2.24, 2.45) is 0 Å². The van der Waals surface area contributed by atoms with E-state index >= 15 is 0 Å². The van der Waals surface area contributed by atoms with Crippen molar-refractivity contribution < 1.29 is 9.47 Å². The van der Waals surface area contributed by atoms with Gasteiger partial charge in [-0.05, 0) is 50.9 Å². The number of hydrogen-bond donors (Lipinski definition) is 1. The van der Waals surface area contributed by atoms with Gasteiger partial charge in [0, 0.05) is 13.2 Å². The first-order valence-electron chi connectivity index (χ1n) is 6.67. The highest BCUT2D eigenvalue weighted by Gasteiger charge is 1.96. The van der Waals surface area contributed by atoms with E-state index in [1.54, 1.807) is 7.11 Å². The summed E-state index contributed by atoms with van der Waals surface area (Å²) >= 11 is 0. The van der Waals surface area contributed by atoms with E-state index in [0.29, 0.717) is 6.10 Å². The lowest BCUT2D eigenvalue weighted by molar-refractivity contribution is 0.0760. The summed E-state index contributed by atoms with van der Waals surface area (Å²) in [6, 6.07) is 8.16. The maximum atomic E-state index is 5.49. The number of ether oxygens (including phenoxy) is 2. The lowest BCUT2D eigenvalue weighted by Gasteiger charge is -2.08. The average Bonchev–Trinajstić information content (AvgIpc) is 2.37. The summed E-state index contributed by atoms with van der Waals surface area (Å²) in [5.41, 5.74) is 1.26. The molecule has 0 aliphatic carbocycles. The van der Waals surface area contributed by atoms with Crippen LogP contribution in [0.1, 0.15) is 32.3 Å². The first-order valence-corrected chi connectivity index (χ1v) is 6.67. The van der Waals surface area contributed by atoms with E-state index in [4.69, 9.17) is 9.47 Å². The predicted octanol–water partition coefficient (Wildman–Crippen LogP) is 2.99. The molecule has 0 unspecified atom stereocenters. The largest absolute Gasteiger partial charge is 0.497 e. The molecular formula is C15H25NO2. The van der Waals surface area contributed by atoms with Gasteiger partial charge < -0.3 is 14.8 Å². The normalized spacial score (nSPS) is 10.9. The molecule has 0 aromatic heterocycles. The summed E-state index contributed by atoms with van der Waals surface area (Å²) in [5, 5.41) is 3.43. The minimum atomic E-state index is 0.342. The Kier molecular flexibility index (Phi) is 7.46. The quantitative estimate of drug-likeness (QED) is 0.684. The summed E-state index contributed by atoms with van der Waals surface area (Å²) < 4.78 is 10.7. The van der Waals surface area contributed by atoms with Gasteiger partial charge in [-0.15, -0.1) is 0 Å². The van der Waals surface area contributed by atoms with Crippen molar-refractivity contribution in [3.05, 3.63) is 29.8 Å². The monoisotopic (exact) mass is 251 g/mol. The summed E-state index contributed by atoms with van der Waals surface area (Å²) in [6.07, 6.45) is 2.61. The SMILES string of the molecule is COc1cccc(CNCCCCOC(C)C)c1. The summed E-state index contributed by atoms with van der Waals surface area (Å²) in [6.45, 7) is 6.92. The van der Waals surface area contributed by atoms with E-state index in [-0.39, 0.29) is 0 Å². The summed E-state index contributed by atoms with van der Waals surface area (Å²) in [7, 11) is 1.70. The molecule has 0 heterocycles. The lowest BCUT2D eigenvalue weighted by Crippen LogP contribution is -2.15. The van der Waals surface area contributed by atoms with Crippen LogP contribution < -0.4 is 10.1 Å². The van der Waals surface area contributed by atoms with Gasteiger partial charge in [0.2, 0.25) is 0 Å².